The van der Waals surface area contributed by atoms with Crippen LogP contribution in [0.5, 0.6) is 0 Å². The number of amides is 1. The number of H-pyrrole nitrogens is 1. The molecule has 1 aromatic carbocycles. The number of aromatic nitrogens is 4. The zero-order valence-electron chi connectivity index (χ0n) is 14.7. The third-order valence-corrected chi connectivity index (χ3v) is 4.29. The van der Waals surface area contributed by atoms with Crippen molar-refractivity contribution in [3.8, 4) is 11.3 Å². The molecule has 0 spiro atoms. The van der Waals surface area contributed by atoms with E-state index in [4.69, 9.17) is 0 Å². The molecule has 0 aliphatic carbocycles. The van der Waals surface area contributed by atoms with Crippen molar-refractivity contribution in [2.24, 2.45) is 7.05 Å². The summed E-state index contributed by atoms with van der Waals surface area (Å²) in [5, 5.41) is 11.4. The van der Waals surface area contributed by atoms with Crippen molar-refractivity contribution in [3.63, 3.8) is 0 Å². The minimum atomic E-state index is -0.325. The monoisotopic (exact) mass is 341 g/mol. The van der Waals surface area contributed by atoms with Crippen LogP contribution < -0.4 is 0 Å². The second kappa shape index (κ2) is 6.51. The number of aromatic amines is 1. The van der Waals surface area contributed by atoms with Gasteiger partial charge >= 0.3 is 0 Å². The number of benzene rings is 1. The molecule has 1 amide bonds. The van der Waals surface area contributed by atoms with E-state index in [0.717, 1.165) is 17.0 Å². The molecule has 130 valence electrons. The van der Waals surface area contributed by atoms with E-state index >= 15 is 0 Å². The minimum absolute atomic E-state index is 0.185. The number of hydrogen-bond donors (Lipinski definition) is 1. The summed E-state index contributed by atoms with van der Waals surface area (Å²) in [5.74, 6) is -0.574. The molecule has 1 N–H and O–H groups in total. The Morgan fingerprint density at radius 3 is 2.68 bits per heavy atom. The fourth-order valence-electron chi connectivity index (χ4n) is 2.86. The summed E-state index contributed by atoms with van der Waals surface area (Å²) in [6.45, 7) is 4.05. The maximum absolute atomic E-state index is 13.8. The van der Waals surface area contributed by atoms with Crippen LogP contribution in [-0.4, -0.2) is 37.8 Å². The number of hydrogen-bond acceptors (Lipinski definition) is 3. The average molecular weight is 341 g/mol. The molecular formula is C18H20FN5O. The topological polar surface area (TPSA) is 66.8 Å². The van der Waals surface area contributed by atoms with Crippen molar-refractivity contribution in [2.45, 2.75) is 20.4 Å². The van der Waals surface area contributed by atoms with Crippen LogP contribution in [0.2, 0.25) is 0 Å². The standard InChI is InChI=1S/C18H20FN5O/c1-11-17(12(2)24(4)22-11)15-9-16(21-20-15)18(25)23(3)10-13-7-5-6-8-14(13)19/h5-9H,10H2,1-4H3,(H,20,21). The van der Waals surface area contributed by atoms with Crippen molar-refractivity contribution in [3.05, 3.63) is 58.8 Å². The highest BCUT2D eigenvalue weighted by atomic mass is 19.1. The van der Waals surface area contributed by atoms with Gasteiger partial charge in [0.25, 0.3) is 5.91 Å². The highest BCUT2D eigenvalue weighted by Gasteiger charge is 2.19. The van der Waals surface area contributed by atoms with Gasteiger partial charge in [-0.2, -0.15) is 10.2 Å². The lowest BCUT2D eigenvalue weighted by Crippen LogP contribution is -2.26. The summed E-state index contributed by atoms with van der Waals surface area (Å²) in [6.07, 6.45) is 0. The summed E-state index contributed by atoms with van der Waals surface area (Å²) < 4.78 is 15.5. The Morgan fingerprint density at radius 1 is 1.32 bits per heavy atom. The molecule has 6 nitrogen and oxygen atoms in total. The summed E-state index contributed by atoms with van der Waals surface area (Å²) in [4.78, 5) is 14.0. The van der Waals surface area contributed by atoms with E-state index in [1.54, 1.807) is 36.0 Å². The van der Waals surface area contributed by atoms with E-state index in [1.807, 2.05) is 20.9 Å². The lowest BCUT2D eigenvalue weighted by molar-refractivity contribution is 0.0778. The van der Waals surface area contributed by atoms with Gasteiger partial charge in [0.2, 0.25) is 0 Å². The molecule has 0 unspecified atom stereocenters. The molecule has 0 aliphatic heterocycles. The normalized spacial score (nSPS) is 10.9. The van der Waals surface area contributed by atoms with Gasteiger partial charge in [-0.1, -0.05) is 18.2 Å². The fraction of sp³-hybridized carbons (Fsp3) is 0.278. The Labute approximate surface area is 145 Å². The van der Waals surface area contributed by atoms with Crippen LogP contribution in [0.25, 0.3) is 11.3 Å². The van der Waals surface area contributed by atoms with Crippen LogP contribution in [0, 0.1) is 19.7 Å². The highest BCUT2D eigenvalue weighted by Crippen LogP contribution is 2.25. The van der Waals surface area contributed by atoms with Crippen molar-refractivity contribution in [1.29, 1.82) is 0 Å². The Kier molecular flexibility index (Phi) is 4.39. The van der Waals surface area contributed by atoms with Crippen LogP contribution in [-0.2, 0) is 13.6 Å². The first-order valence-electron chi connectivity index (χ1n) is 7.93. The smallest absolute Gasteiger partial charge is 0.271 e. The van der Waals surface area contributed by atoms with Crippen LogP contribution in [0.3, 0.4) is 0 Å². The van der Waals surface area contributed by atoms with E-state index in [2.05, 4.69) is 15.3 Å². The molecule has 0 saturated heterocycles. The zero-order chi connectivity index (χ0) is 18.1. The van der Waals surface area contributed by atoms with Crippen LogP contribution in [0.4, 0.5) is 4.39 Å². The number of aryl methyl sites for hydroxylation is 2. The Balaban J connectivity index is 1.82. The van der Waals surface area contributed by atoms with Gasteiger partial charge in [-0.15, -0.1) is 0 Å². The highest BCUT2D eigenvalue weighted by molar-refractivity contribution is 5.93. The van der Waals surface area contributed by atoms with Gasteiger partial charge in [0.1, 0.15) is 11.5 Å². The van der Waals surface area contributed by atoms with Gasteiger partial charge < -0.3 is 4.90 Å². The average Bonchev–Trinajstić information content (AvgIpc) is 3.14. The predicted octanol–water partition coefficient (Wildman–Crippen LogP) is 2.84. The van der Waals surface area contributed by atoms with Crippen molar-refractivity contribution < 1.29 is 9.18 Å². The number of nitrogens with one attached hydrogen (secondary N) is 1. The fourth-order valence-corrected chi connectivity index (χ4v) is 2.86. The SMILES string of the molecule is Cc1nn(C)c(C)c1-c1cc(C(=O)N(C)Cc2ccccc2F)[nH]n1. The number of carbonyl (C=O) groups excluding carboxylic acids is 1. The molecule has 3 aromatic rings. The van der Waals surface area contributed by atoms with E-state index in [1.165, 1.54) is 11.0 Å². The zero-order valence-corrected chi connectivity index (χ0v) is 14.7. The minimum Gasteiger partial charge on any atom is -0.336 e. The summed E-state index contributed by atoms with van der Waals surface area (Å²) in [6, 6.07) is 8.13. The van der Waals surface area contributed by atoms with Crippen molar-refractivity contribution in [2.75, 3.05) is 7.05 Å². The quantitative estimate of drug-likeness (QED) is 0.793. The Morgan fingerprint density at radius 2 is 2.04 bits per heavy atom. The van der Waals surface area contributed by atoms with Gasteiger partial charge in [-0.25, -0.2) is 4.39 Å². The van der Waals surface area contributed by atoms with Gasteiger partial charge in [0.05, 0.1) is 11.4 Å². The lowest BCUT2D eigenvalue weighted by atomic mass is 10.1. The van der Waals surface area contributed by atoms with Crippen LogP contribution >= 0.6 is 0 Å². The van der Waals surface area contributed by atoms with Crippen molar-refractivity contribution >= 4 is 5.91 Å². The summed E-state index contributed by atoms with van der Waals surface area (Å²) in [5.41, 5.74) is 4.24. The van der Waals surface area contributed by atoms with E-state index in [9.17, 15) is 9.18 Å². The third-order valence-electron chi connectivity index (χ3n) is 4.29. The van der Waals surface area contributed by atoms with Gasteiger partial charge in [-0.3, -0.25) is 14.6 Å². The first kappa shape index (κ1) is 16.9. The molecule has 25 heavy (non-hydrogen) atoms. The maximum atomic E-state index is 13.8. The molecular weight excluding hydrogens is 321 g/mol. The van der Waals surface area contributed by atoms with Crippen LogP contribution in [0.1, 0.15) is 27.4 Å². The summed E-state index contributed by atoms with van der Waals surface area (Å²) >= 11 is 0. The number of halogens is 1. The third kappa shape index (κ3) is 3.17. The molecule has 0 bridgehead atoms. The number of nitrogens with zero attached hydrogens (tertiary/aromatic N) is 4. The van der Waals surface area contributed by atoms with Gasteiger partial charge in [-0.05, 0) is 26.0 Å². The molecule has 3 rings (SSSR count). The van der Waals surface area contributed by atoms with E-state index in [0.29, 0.717) is 17.0 Å². The molecule has 2 aromatic heterocycles. The molecule has 2 heterocycles. The van der Waals surface area contributed by atoms with E-state index in [-0.39, 0.29) is 18.3 Å². The molecule has 0 fully saturated rings. The predicted molar refractivity (Wildman–Crippen MR) is 92.5 cm³/mol. The second-order valence-electron chi connectivity index (χ2n) is 6.09. The second-order valence-corrected chi connectivity index (χ2v) is 6.09. The first-order chi connectivity index (χ1) is 11.9. The maximum Gasteiger partial charge on any atom is 0.271 e. The number of carbonyl (C=O) groups is 1. The van der Waals surface area contributed by atoms with Crippen molar-refractivity contribution in [1.82, 2.24) is 24.9 Å². The van der Waals surface area contributed by atoms with E-state index < -0.39 is 0 Å². The Hall–Kier alpha value is -2.96. The number of rotatable bonds is 4. The lowest BCUT2D eigenvalue weighted by Gasteiger charge is -2.16. The molecule has 0 atom stereocenters. The molecule has 7 heteroatoms. The molecule has 0 radical (unpaired) electrons. The summed E-state index contributed by atoms with van der Waals surface area (Å²) in [7, 11) is 3.50. The Bertz CT molecular complexity index is 927. The van der Waals surface area contributed by atoms with Crippen LogP contribution in [0.15, 0.2) is 30.3 Å². The largest absolute Gasteiger partial charge is 0.336 e. The van der Waals surface area contributed by atoms with Gasteiger partial charge in [0.15, 0.2) is 0 Å². The molecule has 0 saturated carbocycles. The first-order valence-corrected chi connectivity index (χ1v) is 7.93. The molecule has 0 aliphatic rings. The van der Waals surface area contributed by atoms with Gasteiger partial charge in [0, 0.05) is 37.5 Å².